The molecule has 0 aliphatic carbocycles. The molecule has 1 aliphatic rings. The van der Waals surface area contributed by atoms with E-state index in [1.807, 2.05) is 116 Å². The molecule has 0 radical (unpaired) electrons. The van der Waals surface area contributed by atoms with Crippen LogP contribution in [0.3, 0.4) is 0 Å². The van der Waals surface area contributed by atoms with Gasteiger partial charge >= 0.3 is 20.5 Å². The molecule has 0 saturated carbocycles. The summed E-state index contributed by atoms with van der Waals surface area (Å²) in [5.74, 6) is 0. The summed E-state index contributed by atoms with van der Waals surface area (Å²) in [6, 6.07) is 33.3. The molecule has 166 valence electrons. The number of hydrogen-bond acceptors (Lipinski definition) is 5. The van der Waals surface area contributed by atoms with Gasteiger partial charge in [-0.2, -0.15) is 0 Å². The summed E-state index contributed by atoms with van der Waals surface area (Å²) in [7, 11) is -0.747. The topological polar surface area (TPSA) is 63.3 Å². The molecular formula is C24H21B3N4O3-2. The van der Waals surface area contributed by atoms with Crippen LogP contribution in [0.15, 0.2) is 128 Å². The van der Waals surface area contributed by atoms with Gasteiger partial charge in [-0.15, -0.1) is 10.9 Å². The average Bonchev–Trinajstić information content (AvgIpc) is 3.66. The van der Waals surface area contributed by atoms with E-state index in [1.54, 1.807) is 21.6 Å². The van der Waals surface area contributed by atoms with Gasteiger partial charge in [-0.05, 0) is 30.0 Å². The van der Waals surface area contributed by atoms with Crippen molar-refractivity contribution >= 4 is 36.9 Å². The Morgan fingerprint density at radius 1 is 0.559 bits per heavy atom. The molecule has 2 aromatic heterocycles. The van der Waals surface area contributed by atoms with Crippen LogP contribution in [-0.2, 0) is 13.7 Å². The van der Waals surface area contributed by atoms with E-state index in [-0.39, 0.29) is 0 Å². The highest BCUT2D eigenvalue weighted by Crippen LogP contribution is 2.27. The van der Waals surface area contributed by atoms with Gasteiger partial charge in [-0.3, -0.25) is 0 Å². The van der Waals surface area contributed by atoms with E-state index >= 15 is 0 Å². The van der Waals surface area contributed by atoms with E-state index in [9.17, 15) is 0 Å². The molecule has 1 saturated heterocycles. The van der Waals surface area contributed by atoms with Crippen molar-refractivity contribution in [2.75, 3.05) is 0 Å². The standard InChI is InChI=1S/C24H21B3N4O3/c1-4-12-22(13-5-1)25-32-26(30-20-10-18-28-30,23-14-6-2-7-15-23)34-27(33-25,31-21-11-19-29-31)24-16-8-3-9-17-24/h1-21H/q-2/t26-,27+. The third-order valence-corrected chi connectivity index (χ3v) is 6.24. The van der Waals surface area contributed by atoms with Crippen LogP contribution in [0.25, 0.3) is 0 Å². The highest BCUT2D eigenvalue weighted by atomic mass is 16.7. The first-order chi connectivity index (χ1) is 16.8. The van der Waals surface area contributed by atoms with Crippen molar-refractivity contribution in [2.24, 2.45) is 0 Å². The van der Waals surface area contributed by atoms with E-state index in [0.29, 0.717) is 0 Å². The maximum absolute atomic E-state index is 7.06. The summed E-state index contributed by atoms with van der Waals surface area (Å²) in [5.41, 5.74) is 2.55. The minimum Gasteiger partial charge on any atom is -0.730 e. The van der Waals surface area contributed by atoms with Gasteiger partial charge in [0.05, 0.1) is 0 Å². The third kappa shape index (κ3) is 3.40. The summed E-state index contributed by atoms with van der Waals surface area (Å²) in [4.78, 5) is 0. The molecule has 1 aliphatic heterocycles. The van der Waals surface area contributed by atoms with Gasteiger partial charge in [-0.1, -0.05) is 91.0 Å². The van der Waals surface area contributed by atoms with E-state index in [4.69, 9.17) is 13.7 Å². The van der Waals surface area contributed by atoms with Crippen molar-refractivity contribution in [2.45, 2.75) is 0 Å². The number of hydrogen-bond donors (Lipinski definition) is 0. The average molecular weight is 446 g/mol. The predicted octanol–water partition coefficient (Wildman–Crippen LogP) is 1.63. The van der Waals surface area contributed by atoms with Crippen LogP contribution in [0.5, 0.6) is 0 Å². The Morgan fingerprint density at radius 2 is 1.00 bits per heavy atom. The van der Waals surface area contributed by atoms with E-state index < -0.39 is 20.5 Å². The molecule has 10 heteroatoms. The maximum atomic E-state index is 7.06. The first-order valence-corrected chi connectivity index (χ1v) is 11.3. The van der Waals surface area contributed by atoms with Crippen molar-refractivity contribution in [3.8, 4) is 0 Å². The van der Waals surface area contributed by atoms with Crippen molar-refractivity contribution in [3.63, 3.8) is 0 Å². The van der Waals surface area contributed by atoms with Crippen LogP contribution in [0, 0.1) is 0 Å². The molecule has 6 rings (SSSR count). The molecule has 0 N–H and O–H groups in total. The normalized spacial score (nSPS) is 22.5. The van der Waals surface area contributed by atoms with Crippen molar-refractivity contribution in [1.29, 1.82) is 0 Å². The Balaban J connectivity index is 1.64. The van der Waals surface area contributed by atoms with E-state index in [1.165, 1.54) is 0 Å². The number of rotatable bonds is 5. The first-order valence-electron chi connectivity index (χ1n) is 11.3. The Hall–Kier alpha value is -3.85. The lowest BCUT2D eigenvalue weighted by molar-refractivity contribution is 0.236. The zero-order valence-corrected chi connectivity index (χ0v) is 18.4. The Morgan fingerprint density at radius 3 is 1.41 bits per heavy atom. The van der Waals surface area contributed by atoms with Crippen LogP contribution in [0.4, 0.5) is 0 Å². The van der Waals surface area contributed by atoms with Gasteiger partial charge < -0.3 is 22.9 Å². The fourth-order valence-electron chi connectivity index (χ4n) is 4.67. The molecule has 3 heterocycles. The minimum absolute atomic E-state index is 0.747. The fraction of sp³-hybridized carbons (Fsp3) is 0. The van der Waals surface area contributed by atoms with Gasteiger partial charge in [-0.25, -0.2) is 10.2 Å². The number of benzene rings is 3. The smallest absolute Gasteiger partial charge is 0.408 e. The molecule has 0 unspecified atom stereocenters. The summed E-state index contributed by atoms with van der Waals surface area (Å²) in [5, 5.41) is 9.15. The predicted molar refractivity (Wildman–Crippen MR) is 134 cm³/mol. The lowest BCUT2D eigenvalue weighted by Crippen LogP contribution is -2.80. The first kappa shape index (κ1) is 20.7. The van der Waals surface area contributed by atoms with Gasteiger partial charge in [0, 0.05) is 12.4 Å². The van der Waals surface area contributed by atoms with Crippen molar-refractivity contribution in [1.82, 2.24) is 19.4 Å². The molecule has 2 atom stereocenters. The highest BCUT2D eigenvalue weighted by molar-refractivity contribution is 7.00. The summed E-state index contributed by atoms with van der Waals surface area (Å²) in [6.07, 6.45) is 7.15. The molecule has 7 nitrogen and oxygen atoms in total. The van der Waals surface area contributed by atoms with Crippen LogP contribution in [-0.4, -0.2) is 39.9 Å². The van der Waals surface area contributed by atoms with Crippen LogP contribution in [0.1, 0.15) is 0 Å². The molecule has 1 fully saturated rings. The minimum atomic E-state index is -2.34. The quantitative estimate of drug-likeness (QED) is 0.385. The SMILES string of the molecule is c1ccc(B2O[B@-](c3ccccc3)(n3cccn3)O[B@-](c3ccccc3)(n3cccn3)O2)cc1. The fourth-order valence-corrected chi connectivity index (χ4v) is 4.67. The van der Waals surface area contributed by atoms with Gasteiger partial charge in [0.1, 0.15) is 0 Å². The second kappa shape index (κ2) is 8.50. The third-order valence-electron chi connectivity index (χ3n) is 6.24. The highest BCUT2D eigenvalue weighted by Gasteiger charge is 2.49. The Labute approximate surface area is 198 Å². The Kier molecular flexibility index (Phi) is 5.18. The molecule has 5 aromatic rings. The van der Waals surface area contributed by atoms with Crippen molar-refractivity contribution < 1.29 is 13.7 Å². The summed E-state index contributed by atoms with van der Waals surface area (Å²) in [6.45, 7) is -4.68. The summed E-state index contributed by atoms with van der Waals surface area (Å²) >= 11 is 0. The van der Waals surface area contributed by atoms with Gasteiger partial charge in [0.25, 0.3) is 0 Å². The molecule has 34 heavy (non-hydrogen) atoms. The van der Waals surface area contributed by atoms with Gasteiger partial charge in [0.15, 0.2) is 0 Å². The lowest BCUT2D eigenvalue weighted by Gasteiger charge is -2.63. The monoisotopic (exact) mass is 446 g/mol. The van der Waals surface area contributed by atoms with E-state index in [2.05, 4.69) is 10.2 Å². The molecule has 0 bridgehead atoms. The zero-order valence-electron chi connectivity index (χ0n) is 18.4. The van der Waals surface area contributed by atoms with Crippen LogP contribution in [0.2, 0.25) is 0 Å². The summed E-state index contributed by atoms with van der Waals surface area (Å²) < 4.78 is 24.1. The lowest BCUT2D eigenvalue weighted by atomic mass is 9.49. The molecular weight excluding hydrogens is 425 g/mol. The maximum Gasteiger partial charge on any atom is 0.408 e. The second-order valence-electron chi connectivity index (χ2n) is 8.29. The van der Waals surface area contributed by atoms with Crippen LogP contribution >= 0.6 is 0 Å². The molecule has 0 spiro atoms. The van der Waals surface area contributed by atoms with E-state index in [0.717, 1.165) is 16.4 Å². The number of aromatic nitrogens is 4. The molecule has 0 amide bonds. The van der Waals surface area contributed by atoms with Gasteiger partial charge in [0.2, 0.25) is 0 Å². The number of nitrogens with zero attached hydrogens (tertiary/aromatic N) is 4. The second-order valence-corrected chi connectivity index (χ2v) is 8.29. The van der Waals surface area contributed by atoms with Crippen LogP contribution < -0.4 is 16.4 Å². The molecule has 3 aromatic carbocycles. The Bertz CT molecular complexity index is 1260. The zero-order chi connectivity index (χ0) is 22.8. The largest absolute Gasteiger partial charge is 0.730 e. The van der Waals surface area contributed by atoms with Crippen molar-refractivity contribution in [3.05, 3.63) is 128 Å².